The number of nitrogens with one attached hydrogen (secondary N) is 1. The molecule has 9 heteroatoms. The summed E-state index contributed by atoms with van der Waals surface area (Å²) in [6.45, 7) is -0.0227. The molecule has 3 atom stereocenters. The van der Waals surface area contributed by atoms with Crippen molar-refractivity contribution in [1.82, 2.24) is 10.2 Å². The third kappa shape index (κ3) is 5.49. The summed E-state index contributed by atoms with van der Waals surface area (Å²) in [6, 6.07) is 6.79. The Morgan fingerprint density at radius 2 is 1.78 bits per heavy atom. The van der Waals surface area contributed by atoms with Crippen LogP contribution in [0.1, 0.15) is 48.0 Å². The zero-order valence-electron chi connectivity index (χ0n) is 21.2. The summed E-state index contributed by atoms with van der Waals surface area (Å²) in [5.74, 6) is -0.945. The molecule has 198 valence electrons. The maximum Gasteiger partial charge on any atom is 0.338 e. The summed E-state index contributed by atoms with van der Waals surface area (Å²) in [4.78, 5) is 39.1. The second-order valence-corrected chi connectivity index (χ2v) is 10.4. The van der Waals surface area contributed by atoms with E-state index >= 15 is 0 Å². The lowest BCUT2D eigenvalue weighted by molar-refractivity contribution is -0.209. The van der Waals surface area contributed by atoms with Gasteiger partial charge in [-0.2, -0.15) is 0 Å². The quantitative estimate of drug-likeness (QED) is 0.386. The number of rotatable bonds is 9. The highest BCUT2D eigenvalue weighted by Crippen LogP contribution is 2.59. The third-order valence-corrected chi connectivity index (χ3v) is 7.36. The molecule has 1 aliphatic heterocycles. The summed E-state index contributed by atoms with van der Waals surface area (Å²) >= 11 is 0. The molecular weight excluding hydrogens is 476 g/mol. The van der Waals surface area contributed by atoms with E-state index < -0.39 is 30.1 Å². The van der Waals surface area contributed by atoms with Gasteiger partial charge < -0.3 is 29.5 Å². The van der Waals surface area contributed by atoms with Crippen LogP contribution in [0.5, 0.6) is 0 Å². The highest BCUT2D eigenvalue weighted by molar-refractivity contribution is 5.94. The first-order valence-corrected chi connectivity index (χ1v) is 13.0. The minimum Gasteiger partial charge on any atom is -0.456 e. The van der Waals surface area contributed by atoms with Crippen LogP contribution in [0.3, 0.4) is 0 Å². The van der Waals surface area contributed by atoms with E-state index in [0.29, 0.717) is 23.0 Å². The first-order valence-electron chi connectivity index (χ1n) is 13.0. The van der Waals surface area contributed by atoms with Gasteiger partial charge in [-0.3, -0.25) is 9.59 Å². The van der Waals surface area contributed by atoms with Gasteiger partial charge >= 0.3 is 5.97 Å². The van der Waals surface area contributed by atoms with Gasteiger partial charge in [-0.15, -0.1) is 0 Å². The molecule has 0 radical (unpaired) electrons. The number of hydrogen-bond acceptors (Lipinski definition) is 7. The predicted octanol–water partition coefficient (Wildman–Crippen LogP) is 2.05. The summed E-state index contributed by atoms with van der Waals surface area (Å²) in [7, 11) is 3.35. The maximum atomic E-state index is 13.1. The lowest BCUT2D eigenvalue weighted by atomic mass is 9.91. The first-order chi connectivity index (χ1) is 17.8. The van der Waals surface area contributed by atoms with Crippen LogP contribution >= 0.6 is 0 Å². The van der Waals surface area contributed by atoms with Crippen molar-refractivity contribution < 1.29 is 33.7 Å². The lowest BCUT2D eigenvalue weighted by Gasteiger charge is -2.31. The molecule has 2 amide bonds. The third-order valence-electron chi connectivity index (χ3n) is 7.36. The fourth-order valence-electron chi connectivity index (χ4n) is 5.10. The number of hydrogen-bond donors (Lipinski definition) is 2. The van der Waals surface area contributed by atoms with Gasteiger partial charge in [-0.05, 0) is 55.5 Å². The molecule has 0 spiro atoms. The minimum atomic E-state index is -0.686. The van der Waals surface area contributed by atoms with Crippen molar-refractivity contribution in [3.63, 3.8) is 0 Å². The molecule has 3 aliphatic carbocycles. The van der Waals surface area contributed by atoms with E-state index in [2.05, 4.69) is 5.32 Å². The van der Waals surface area contributed by atoms with Crippen LogP contribution in [0, 0.1) is 11.8 Å². The van der Waals surface area contributed by atoms with Crippen molar-refractivity contribution in [2.45, 2.75) is 56.2 Å². The average Bonchev–Trinajstić information content (AvgIpc) is 3.83. The van der Waals surface area contributed by atoms with Gasteiger partial charge in [0, 0.05) is 50.5 Å². The molecule has 5 rings (SSSR count). The molecule has 3 fully saturated rings. The molecule has 37 heavy (non-hydrogen) atoms. The molecular formula is C28H34N2O7. The van der Waals surface area contributed by atoms with E-state index in [1.807, 2.05) is 0 Å². The van der Waals surface area contributed by atoms with Gasteiger partial charge in [0.05, 0.1) is 12.2 Å². The van der Waals surface area contributed by atoms with Gasteiger partial charge in [-0.1, -0.05) is 12.1 Å². The highest BCUT2D eigenvalue weighted by atomic mass is 16.8. The number of aliphatic hydroxyl groups is 1. The number of ether oxygens (including phenoxy) is 3. The number of amides is 2. The highest BCUT2D eigenvalue weighted by Gasteiger charge is 2.64. The van der Waals surface area contributed by atoms with E-state index in [4.69, 9.17) is 19.3 Å². The first kappa shape index (κ1) is 25.6. The Morgan fingerprint density at radius 1 is 1.11 bits per heavy atom. The Kier molecular flexibility index (Phi) is 7.20. The normalized spacial score (nSPS) is 26.4. The summed E-state index contributed by atoms with van der Waals surface area (Å²) in [5, 5.41) is 11.8. The van der Waals surface area contributed by atoms with E-state index in [0.717, 1.165) is 31.2 Å². The van der Waals surface area contributed by atoms with Gasteiger partial charge in [-0.25, -0.2) is 4.79 Å². The van der Waals surface area contributed by atoms with Crippen molar-refractivity contribution >= 4 is 23.9 Å². The van der Waals surface area contributed by atoms with Crippen LogP contribution in [0.15, 0.2) is 42.0 Å². The molecule has 1 aromatic carbocycles. The number of esters is 1. The van der Waals surface area contributed by atoms with Gasteiger partial charge in [0.25, 0.3) is 0 Å². The number of carbonyl (C=O) groups is 3. The van der Waals surface area contributed by atoms with Crippen molar-refractivity contribution in [1.29, 1.82) is 0 Å². The van der Waals surface area contributed by atoms with E-state index in [1.54, 1.807) is 50.5 Å². The maximum absolute atomic E-state index is 13.1. The number of carbonyl (C=O) groups excluding carboxylic acids is 3. The number of likely N-dealkylation sites (N-methyl/N-ethyl adjacent to an activating group) is 1. The Hall–Kier alpha value is -3.01. The van der Waals surface area contributed by atoms with Gasteiger partial charge in [0.1, 0.15) is 18.3 Å². The fourth-order valence-corrected chi connectivity index (χ4v) is 5.10. The van der Waals surface area contributed by atoms with Crippen molar-refractivity contribution in [3.8, 4) is 0 Å². The topological polar surface area (TPSA) is 114 Å². The smallest absolute Gasteiger partial charge is 0.338 e. The largest absolute Gasteiger partial charge is 0.456 e. The zero-order chi connectivity index (χ0) is 26.2. The number of nitrogens with zero attached hydrogens (tertiary/aromatic N) is 1. The van der Waals surface area contributed by atoms with E-state index in [1.165, 1.54) is 11.0 Å². The van der Waals surface area contributed by atoms with Gasteiger partial charge in [0.15, 0.2) is 5.79 Å². The average molecular weight is 511 g/mol. The van der Waals surface area contributed by atoms with Crippen molar-refractivity contribution in [2.24, 2.45) is 11.8 Å². The van der Waals surface area contributed by atoms with Crippen molar-refractivity contribution in [2.75, 3.05) is 27.2 Å². The molecule has 2 N–H and O–H groups in total. The molecule has 0 aromatic heterocycles. The Labute approximate surface area is 216 Å². The number of benzene rings is 1. The standard InChI is InChI=1S/C28H34N2O7/c1-30(2)24(32)12-5-17-3-6-18(7-4-17)27(34)35-22-15-19(26(33)29-13-14-31)16-23-25(22)37-28(36-23,20-8-9-20)21-10-11-21/h3-7,12,16,20-23,25,31H,8-11,13-15H2,1-2H3,(H,29,33). The van der Waals surface area contributed by atoms with Crippen LogP contribution in [0.25, 0.3) is 6.08 Å². The molecule has 1 heterocycles. The summed E-state index contributed by atoms with van der Waals surface area (Å²) < 4.78 is 19.1. The fraction of sp³-hybridized carbons (Fsp3) is 0.536. The van der Waals surface area contributed by atoms with Crippen LogP contribution in [-0.4, -0.2) is 79.1 Å². The monoisotopic (exact) mass is 510 g/mol. The Morgan fingerprint density at radius 3 is 2.38 bits per heavy atom. The van der Waals surface area contributed by atoms with Gasteiger partial charge in [0.2, 0.25) is 11.8 Å². The molecule has 1 aromatic rings. The Bertz CT molecular complexity index is 1090. The molecule has 1 saturated heterocycles. The van der Waals surface area contributed by atoms with Crippen molar-refractivity contribution in [3.05, 3.63) is 53.1 Å². The minimum absolute atomic E-state index is 0.130. The van der Waals surface area contributed by atoms with Crippen LogP contribution in [0.2, 0.25) is 0 Å². The number of fused-ring (bicyclic) bond motifs is 1. The van der Waals surface area contributed by atoms with Crippen LogP contribution < -0.4 is 5.32 Å². The second-order valence-electron chi connectivity index (χ2n) is 10.4. The molecule has 0 bridgehead atoms. The lowest BCUT2D eigenvalue weighted by Crippen LogP contribution is -2.44. The van der Waals surface area contributed by atoms with E-state index in [9.17, 15) is 14.4 Å². The molecule has 4 aliphatic rings. The SMILES string of the molecule is CN(C)C(=O)C=Cc1ccc(C(=O)OC2CC(C(=O)NCCO)=CC3OC(C4CC4)(C4CC4)OC32)cc1. The Balaban J connectivity index is 1.32. The van der Waals surface area contributed by atoms with Crippen LogP contribution in [0.4, 0.5) is 0 Å². The number of aliphatic hydroxyl groups excluding tert-OH is 1. The summed E-state index contributed by atoms with van der Waals surface area (Å²) in [5.41, 5.74) is 1.61. The molecule has 2 saturated carbocycles. The second kappa shape index (κ2) is 10.4. The molecule has 9 nitrogen and oxygen atoms in total. The molecule has 3 unspecified atom stereocenters. The predicted molar refractivity (Wildman–Crippen MR) is 134 cm³/mol. The van der Waals surface area contributed by atoms with Crippen LogP contribution in [-0.2, 0) is 23.8 Å². The van der Waals surface area contributed by atoms with E-state index in [-0.39, 0.29) is 31.4 Å². The zero-order valence-corrected chi connectivity index (χ0v) is 21.2. The summed E-state index contributed by atoms with van der Waals surface area (Å²) in [6.07, 6.45) is 7.70.